The Kier molecular flexibility index (Phi) is 4.67. The Bertz CT molecular complexity index is 948. The molecule has 0 fully saturated rings. The SMILES string of the molecule is N#Cc1ccccc1Nc1cncc(C(=O)Nc2ccc(F)cc2)c1. The van der Waals surface area contributed by atoms with Crippen molar-refractivity contribution in [2.45, 2.75) is 0 Å². The summed E-state index contributed by atoms with van der Waals surface area (Å²) in [4.78, 5) is 16.3. The number of pyridine rings is 1. The average molecular weight is 332 g/mol. The van der Waals surface area contributed by atoms with Crippen molar-refractivity contribution < 1.29 is 9.18 Å². The number of para-hydroxylation sites is 1. The maximum absolute atomic E-state index is 12.9. The van der Waals surface area contributed by atoms with Crippen molar-refractivity contribution in [3.63, 3.8) is 0 Å². The molecular formula is C19H13FN4O. The van der Waals surface area contributed by atoms with Crippen molar-refractivity contribution in [3.8, 4) is 6.07 Å². The molecule has 0 spiro atoms. The normalized spacial score (nSPS) is 9.92. The molecule has 122 valence electrons. The predicted octanol–water partition coefficient (Wildman–Crippen LogP) is 4.09. The lowest BCUT2D eigenvalue weighted by Gasteiger charge is -2.09. The topological polar surface area (TPSA) is 77.8 Å². The highest BCUT2D eigenvalue weighted by molar-refractivity contribution is 6.04. The van der Waals surface area contributed by atoms with Crippen LogP contribution in [0.2, 0.25) is 0 Å². The monoisotopic (exact) mass is 332 g/mol. The molecule has 0 unspecified atom stereocenters. The van der Waals surface area contributed by atoms with Crippen LogP contribution in [0.15, 0.2) is 67.0 Å². The summed E-state index contributed by atoms with van der Waals surface area (Å²) in [6.07, 6.45) is 2.99. The van der Waals surface area contributed by atoms with Crippen LogP contribution in [0.25, 0.3) is 0 Å². The number of hydrogen-bond donors (Lipinski definition) is 2. The van der Waals surface area contributed by atoms with Crippen LogP contribution < -0.4 is 10.6 Å². The third kappa shape index (κ3) is 3.98. The summed E-state index contributed by atoms with van der Waals surface area (Å²) in [5.74, 6) is -0.738. The lowest BCUT2D eigenvalue weighted by molar-refractivity contribution is 0.102. The van der Waals surface area contributed by atoms with Gasteiger partial charge in [0.2, 0.25) is 0 Å². The molecule has 0 bridgehead atoms. The van der Waals surface area contributed by atoms with E-state index in [4.69, 9.17) is 5.26 Å². The molecule has 0 aliphatic heterocycles. The van der Waals surface area contributed by atoms with Crippen LogP contribution in [0.1, 0.15) is 15.9 Å². The van der Waals surface area contributed by atoms with Gasteiger partial charge in [-0.05, 0) is 42.5 Å². The largest absolute Gasteiger partial charge is 0.353 e. The summed E-state index contributed by atoms with van der Waals surface area (Å²) in [5.41, 5.74) is 2.52. The molecule has 6 heteroatoms. The Balaban J connectivity index is 1.78. The molecule has 25 heavy (non-hydrogen) atoms. The number of carbonyl (C=O) groups is 1. The number of hydrogen-bond acceptors (Lipinski definition) is 4. The van der Waals surface area contributed by atoms with Gasteiger partial charge in [-0.2, -0.15) is 5.26 Å². The molecule has 2 aromatic carbocycles. The highest BCUT2D eigenvalue weighted by atomic mass is 19.1. The van der Waals surface area contributed by atoms with Crippen LogP contribution in [0.4, 0.5) is 21.5 Å². The van der Waals surface area contributed by atoms with Gasteiger partial charge >= 0.3 is 0 Å². The first-order chi connectivity index (χ1) is 12.2. The second-order valence-corrected chi connectivity index (χ2v) is 5.21. The highest BCUT2D eigenvalue weighted by Gasteiger charge is 2.09. The van der Waals surface area contributed by atoms with E-state index in [1.807, 2.05) is 6.07 Å². The lowest BCUT2D eigenvalue weighted by Crippen LogP contribution is -2.12. The first-order valence-corrected chi connectivity index (χ1v) is 7.44. The molecule has 3 aromatic rings. The number of halogens is 1. The molecule has 0 atom stereocenters. The Hall–Kier alpha value is -3.72. The van der Waals surface area contributed by atoms with E-state index < -0.39 is 0 Å². The van der Waals surface area contributed by atoms with E-state index >= 15 is 0 Å². The van der Waals surface area contributed by atoms with Crippen LogP contribution >= 0.6 is 0 Å². The van der Waals surface area contributed by atoms with Gasteiger partial charge in [0.15, 0.2) is 0 Å². The number of amides is 1. The van der Waals surface area contributed by atoms with Crippen LogP contribution in [0, 0.1) is 17.1 Å². The number of nitrogens with zero attached hydrogens (tertiary/aromatic N) is 2. The van der Waals surface area contributed by atoms with Crippen molar-refractivity contribution in [2.75, 3.05) is 10.6 Å². The minimum atomic E-state index is -0.373. The van der Waals surface area contributed by atoms with E-state index in [0.29, 0.717) is 28.2 Å². The van der Waals surface area contributed by atoms with Gasteiger partial charge < -0.3 is 10.6 Å². The summed E-state index contributed by atoms with van der Waals surface area (Å²) in [7, 11) is 0. The van der Waals surface area contributed by atoms with Gasteiger partial charge in [0.05, 0.1) is 28.7 Å². The van der Waals surface area contributed by atoms with Gasteiger partial charge in [-0.25, -0.2) is 4.39 Å². The molecule has 0 saturated carbocycles. The van der Waals surface area contributed by atoms with E-state index in [1.165, 1.54) is 30.5 Å². The van der Waals surface area contributed by atoms with Gasteiger partial charge in [-0.1, -0.05) is 12.1 Å². The highest BCUT2D eigenvalue weighted by Crippen LogP contribution is 2.20. The van der Waals surface area contributed by atoms with E-state index in [-0.39, 0.29) is 11.7 Å². The van der Waals surface area contributed by atoms with Crippen LogP contribution in [0.5, 0.6) is 0 Å². The molecule has 1 aromatic heterocycles. The fourth-order valence-electron chi connectivity index (χ4n) is 2.21. The van der Waals surface area contributed by atoms with Crippen molar-refractivity contribution >= 4 is 23.0 Å². The number of benzene rings is 2. The summed E-state index contributed by atoms with van der Waals surface area (Å²) in [5, 5.41) is 14.9. The molecule has 0 saturated heterocycles. The fraction of sp³-hybridized carbons (Fsp3) is 0. The first kappa shape index (κ1) is 16.1. The first-order valence-electron chi connectivity index (χ1n) is 7.44. The average Bonchev–Trinajstić information content (AvgIpc) is 2.64. The van der Waals surface area contributed by atoms with Gasteiger partial charge in [0.1, 0.15) is 11.9 Å². The van der Waals surface area contributed by atoms with Gasteiger partial charge in [-0.3, -0.25) is 9.78 Å². The molecule has 0 radical (unpaired) electrons. The fourth-order valence-corrected chi connectivity index (χ4v) is 2.21. The lowest BCUT2D eigenvalue weighted by atomic mass is 10.2. The quantitative estimate of drug-likeness (QED) is 0.754. The zero-order chi connectivity index (χ0) is 17.6. The van der Waals surface area contributed by atoms with Gasteiger partial charge in [-0.15, -0.1) is 0 Å². The molecule has 3 rings (SSSR count). The maximum atomic E-state index is 12.9. The molecule has 2 N–H and O–H groups in total. The second kappa shape index (κ2) is 7.23. The van der Waals surface area contributed by atoms with Crippen LogP contribution in [0.3, 0.4) is 0 Å². The second-order valence-electron chi connectivity index (χ2n) is 5.21. The molecule has 1 heterocycles. The van der Waals surface area contributed by atoms with Crippen LogP contribution in [-0.4, -0.2) is 10.9 Å². The zero-order valence-corrected chi connectivity index (χ0v) is 13.0. The van der Waals surface area contributed by atoms with Crippen molar-refractivity contribution in [1.29, 1.82) is 5.26 Å². The smallest absolute Gasteiger partial charge is 0.257 e. The molecule has 0 aliphatic carbocycles. The van der Waals surface area contributed by atoms with Crippen LogP contribution in [-0.2, 0) is 0 Å². The van der Waals surface area contributed by atoms with E-state index in [0.717, 1.165) is 0 Å². The Morgan fingerprint density at radius 1 is 1.04 bits per heavy atom. The van der Waals surface area contributed by atoms with Gasteiger partial charge in [0, 0.05) is 11.9 Å². The van der Waals surface area contributed by atoms with Crippen molar-refractivity contribution in [3.05, 3.63) is 83.9 Å². The Morgan fingerprint density at radius 3 is 2.56 bits per heavy atom. The summed E-state index contributed by atoms with van der Waals surface area (Å²) < 4.78 is 12.9. The predicted molar refractivity (Wildman–Crippen MR) is 93.0 cm³/mol. The number of anilines is 3. The minimum absolute atomic E-state index is 0.337. The third-order valence-corrected chi connectivity index (χ3v) is 3.43. The summed E-state index contributed by atoms with van der Waals surface area (Å²) >= 11 is 0. The van der Waals surface area contributed by atoms with E-state index in [9.17, 15) is 9.18 Å². The summed E-state index contributed by atoms with van der Waals surface area (Å²) in [6, 6.07) is 16.3. The number of nitriles is 1. The minimum Gasteiger partial charge on any atom is -0.353 e. The number of rotatable bonds is 4. The van der Waals surface area contributed by atoms with E-state index in [1.54, 1.807) is 30.5 Å². The molecule has 0 aliphatic rings. The number of nitrogens with one attached hydrogen (secondary N) is 2. The standard InChI is InChI=1S/C19H13FN4O/c20-15-5-7-16(8-6-15)24-19(25)14-9-17(12-22-11-14)23-18-4-2-1-3-13(18)10-21/h1-9,11-12,23H,(H,24,25). The maximum Gasteiger partial charge on any atom is 0.257 e. The Morgan fingerprint density at radius 2 is 1.80 bits per heavy atom. The summed E-state index contributed by atoms with van der Waals surface area (Å²) in [6.45, 7) is 0. The molecule has 1 amide bonds. The third-order valence-electron chi connectivity index (χ3n) is 3.43. The van der Waals surface area contributed by atoms with Gasteiger partial charge in [0.25, 0.3) is 5.91 Å². The Labute approximate surface area is 143 Å². The molecular weight excluding hydrogens is 319 g/mol. The van der Waals surface area contributed by atoms with E-state index in [2.05, 4.69) is 21.7 Å². The van der Waals surface area contributed by atoms with Crippen molar-refractivity contribution in [2.24, 2.45) is 0 Å². The zero-order valence-electron chi connectivity index (χ0n) is 13.0. The number of aromatic nitrogens is 1. The van der Waals surface area contributed by atoms with Crippen molar-refractivity contribution in [1.82, 2.24) is 4.98 Å². The number of carbonyl (C=O) groups excluding carboxylic acids is 1. The molecule has 5 nitrogen and oxygen atoms in total.